The molecule has 3 aromatic rings. The summed E-state index contributed by atoms with van der Waals surface area (Å²) in [6.45, 7) is 4.44. The van der Waals surface area contributed by atoms with Crippen molar-refractivity contribution < 1.29 is 0 Å². The summed E-state index contributed by atoms with van der Waals surface area (Å²) in [4.78, 5) is 0. The molecule has 3 rings (SSSR count). The molecular weight excluding hydrogens is 360 g/mol. The second-order valence-corrected chi connectivity index (χ2v) is 8.62. The van der Waals surface area contributed by atoms with E-state index in [2.05, 4.69) is 58.5 Å². The predicted molar refractivity (Wildman–Crippen MR) is 111 cm³/mol. The van der Waals surface area contributed by atoms with Crippen molar-refractivity contribution in [2.45, 2.75) is 65.2 Å². The highest BCUT2D eigenvalue weighted by molar-refractivity contribution is 7.15. The molecule has 0 amide bonds. The molecule has 0 aliphatic carbocycles. The Kier molecular flexibility index (Phi) is 7.26. The standard InChI is InChI=1S/C20H26N4S2/c1-3-5-7-9-17-21-23-19(25-17)15-11-13-16(14-12-15)20-24-22-18(26-20)10-8-6-4-2/h11-14H,3-10H2,1-2H3. The first-order valence-corrected chi connectivity index (χ1v) is 11.2. The van der Waals surface area contributed by atoms with E-state index in [1.165, 1.54) is 38.5 Å². The molecule has 138 valence electrons. The molecule has 0 aliphatic rings. The van der Waals surface area contributed by atoms with Crippen molar-refractivity contribution in [2.24, 2.45) is 0 Å². The molecule has 1 aromatic carbocycles. The molecule has 0 spiro atoms. The summed E-state index contributed by atoms with van der Waals surface area (Å²) in [5, 5.41) is 21.7. The Bertz CT molecular complexity index is 725. The van der Waals surface area contributed by atoms with Gasteiger partial charge < -0.3 is 0 Å². The minimum Gasteiger partial charge on any atom is -0.143 e. The SMILES string of the molecule is CCCCCc1nnc(-c2ccc(-c3nnc(CCCCC)s3)cc2)s1. The third kappa shape index (κ3) is 5.17. The first-order chi connectivity index (χ1) is 12.8. The number of nitrogens with zero attached hydrogens (tertiary/aromatic N) is 4. The van der Waals surface area contributed by atoms with Crippen molar-refractivity contribution in [1.29, 1.82) is 0 Å². The highest BCUT2D eigenvalue weighted by Crippen LogP contribution is 2.29. The van der Waals surface area contributed by atoms with Gasteiger partial charge in [-0.1, -0.05) is 86.5 Å². The van der Waals surface area contributed by atoms with Crippen molar-refractivity contribution in [1.82, 2.24) is 20.4 Å². The summed E-state index contributed by atoms with van der Waals surface area (Å²) >= 11 is 3.41. The Morgan fingerprint density at radius 2 is 1.04 bits per heavy atom. The first-order valence-electron chi connectivity index (χ1n) is 9.55. The van der Waals surface area contributed by atoms with Crippen LogP contribution in [0.25, 0.3) is 21.1 Å². The van der Waals surface area contributed by atoms with Crippen molar-refractivity contribution in [3.8, 4) is 21.1 Å². The smallest absolute Gasteiger partial charge is 0.143 e. The Hall–Kier alpha value is -1.66. The van der Waals surface area contributed by atoms with Gasteiger partial charge in [0, 0.05) is 24.0 Å². The topological polar surface area (TPSA) is 51.6 Å². The zero-order valence-corrected chi connectivity index (χ0v) is 17.2. The van der Waals surface area contributed by atoms with Crippen LogP contribution in [-0.4, -0.2) is 20.4 Å². The molecule has 26 heavy (non-hydrogen) atoms. The second kappa shape index (κ2) is 9.88. The molecule has 0 aliphatic heterocycles. The number of unbranched alkanes of at least 4 members (excludes halogenated alkanes) is 4. The quantitative estimate of drug-likeness (QED) is 0.390. The molecule has 4 nitrogen and oxygen atoms in total. The first kappa shape index (κ1) is 19.1. The fourth-order valence-electron chi connectivity index (χ4n) is 2.75. The zero-order valence-electron chi connectivity index (χ0n) is 15.6. The Morgan fingerprint density at radius 1 is 0.615 bits per heavy atom. The van der Waals surface area contributed by atoms with Gasteiger partial charge in [0.1, 0.15) is 20.0 Å². The van der Waals surface area contributed by atoms with Crippen LogP contribution in [0.4, 0.5) is 0 Å². The van der Waals surface area contributed by atoms with E-state index in [-0.39, 0.29) is 0 Å². The molecule has 0 atom stereocenters. The van der Waals surface area contributed by atoms with Gasteiger partial charge in [0.2, 0.25) is 0 Å². The number of hydrogen-bond acceptors (Lipinski definition) is 6. The molecule has 0 N–H and O–H groups in total. The fourth-order valence-corrected chi connectivity index (χ4v) is 4.52. The Labute approximate surface area is 163 Å². The molecule has 0 unspecified atom stereocenters. The van der Waals surface area contributed by atoms with Gasteiger partial charge in [-0.2, -0.15) is 0 Å². The van der Waals surface area contributed by atoms with Crippen LogP contribution in [0.15, 0.2) is 24.3 Å². The van der Waals surface area contributed by atoms with Gasteiger partial charge in [0.05, 0.1) is 0 Å². The van der Waals surface area contributed by atoms with E-state index in [1.54, 1.807) is 22.7 Å². The summed E-state index contributed by atoms with van der Waals surface area (Å²) in [5.74, 6) is 0. The minimum absolute atomic E-state index is 1.00. The van der Waals surface area contributed by atoms with E-state index >= 15 is 0 Å². The maximum atomic E-state index is 4.36. The molecule has 0 fully saturated rings. The predicted octanol–water partition coefficient (Wildman–Crippen LogP) is 6.19. The highest BCUT2D eigenvalue weighted by Gasteiger charge is 2.09. The summed E-state index contributed by atoms with van der Waals surface area (Å²) in [7, 11) is 0. The van der Waals surface area contributed by atoms with Gasteiger partial charge in [0.15, 0.2) is 0 Å². The zero-order chi connectivity index (χ0) is 18.2. The van der Waals surface area contributed by atoms with Crippen LogP contribution >= 0.6 is 22.7 Å². The Morgan fingerprint density at radius 3 is 1.42 bits per heavy atom. The molecule has 0 saturated heterocycles. The third-order valence-corrected chi connectivity index (χ3v) is 6.37. The van der Waals surface area contributed by atoms with Gasteiger partial charge in [-0.3, -0.25) is 0 Å². The highest BCUT2D eigenvalue weighted by atomic mass is 32.1. The van der Waals surface area contributed by atoms with E-state index in [0.717, 1.165) is 44.0 Å². The molecular formula is C20H26N4S2. The van der Waals surface area contributed by atoms with Crippen LogP contribution < -0.4 is 0 Å². The van der Waals surface area contributed by atoms with Crippen molar-refractivity contribution >= 4 is 22.7 Å². The summed E-state index contributed by atoms with van der Waals surface area (Å²) in [6, 6.07) is 8.46. The molecule has 0 saturated carbocycles. The number of aryl methyl sites for hydroxylation is 2. The minimum atomic E-state index is 1.00. The van der Waals surface area contributed by atoms with Crippen LogP contribution in [-0.2, 0) is 12.8 Å². The van der Waals surface area contributed by atoms with E-state index in [0.29, 0.717) is 0 Å². The van der Waals surface area contributed by atoms with E-state index in [9.17, 15) is 0 Å². The van der Waals surface area contributed by atoms with E-state index in [4.69, 9.17) is 0 Å². The fraction of sp³-hybridized carbons (Fsp3) is 0.500. The van der Waals surface area contributed by atoms with Gasteiger partial charge >= 0.3 is 0 Å². The van der Waals surface area contributed by atoms with Crippen molar-refractivity contribution in [2.75, 3.05) is 0 Å². The summed E-state index contributed by atoms with van der Waals surface area (Å²) in [6.07, 6.45) is 9.45. The van der Waals surface area contributed by atoms with E-state index in [1.807, 2.05) is 0 Å². The molecule has 0 radical (unpaired) electrons. The normalized spacial score (nSPS) is 11.2. The van der Waals surface area contributed by atoms with Crippen LogP contribution in [0, 0.1) is 0 Å². The average molecular weight is 387 g/mol. The van der Waals surface area contributed by atoms with Crippen LogP contribution in [0.1, 0.15) is 62.4 Å². The van der Waals surface area contributed by atoms with Crippen LogP contribution in [0.5, 0.6) is 0 Å². The Balaban J connectivity index is 1.63. The molecule has 0 bridgehead atoms. The van der Waals surface area contributed by atoms with Crippen molar-refractivity contribution in [3.63, 3.8) is 0 Å². The monoisotopic (exact) mass is 386 g/mol. The maximum Gasteiger partial charge on any atom is 0.147 e. The lowest BCUT2D eigenvalue weighted by atomic mass is 10.1. The molecule has 6 heteroatoms. The van der Waals surface area contributed by atoms with Gasteiger partial charge in [0.25, 0.3) is 0 Å². The lowest BCUT2D eigenvalue weighted by Gasteiger charge is -1.98. The van der Waals surface area contributed by atoms with Gasteiger partial charge in [-0.15, -0.1) is 20.4 Å². The lowest BCUT2D eigenvalue weighted by molar-refractivity contribution is 0.710. The largest absolute Gasteiger partial charge is 0.147 e. The lowest BCUT2D eigenvalue weighted by Crippen LogP contribution is -1.83. The summed E-state index contributed by atoms with van der Waals surface area (Å²) in [5.41, 5.74) is 2.25. The summed E-state index contributed by atoms with van der Waals surface area (Å²) < 4.78 is 0. The van der Waals surface area contributed by atoms with E-state index < -0.39 is 0 Å². The second-order valence-electron chi connectivity index (χ2n) is 6.49. The average Bonchev–Trinajstić information content (AvgIpc) is 3.32. The number of rotatable bonds is 10. The molecule has 2 heterocycles. The number of aromatic nitrogens is 4. The van der Waals surface area contributed by atoms with Crippen molar-refractivity contribution in [3.05, 3.63) is 34.3 Å². The number of hydrogen-bond donors (Lipinski definition) is 0. The van der Waals surface area contributed by atoms with Crippen LogP contribution in [0.2, 0.25) is 0 Å². The van der Waals surface area contributed by atoms with Gasteiger partial charge in [-0.05, 0) is 12.8 Å². The number of benzene rings is 1. The maximum absolute atomic E-state index is 4.36. The third-order valence-electron chi connectivity index (χ3n) is 4.30. The molecule has 2 aromatic heterocycles. The van der Waals surface area contributed by atoms with Crippen LogP contribution in [0.3, 0.4) is 0 Å². The van der Waals surface area contributed by atoms with Gasteiger partial charge in [-0.25, -0.2) is 0 Å².